The minimum Gasteiger partial charge on any atom is -0.423 e. The molecule has 12 heteroatoms. The first kappa shape index (κ1) is 28.5. The van der Waals surface area contributed by atoms with Gasteiger partial charge < -0.3 is 9.47 Å². The normalized spacial score (nSPS) is 11.3. The summed E-state index contributed by atoms with van der Waals surface area (Å²) in [5.41, 5.74) is -1.25. The number of fused-ring (bicyclic) bond motifs is 2. The Morgan fingerprint density at radius 3 is 1.19 bits per heavy atom. The van der Waals surface area contributed by atoms with Gasteiger partial charge in [0.15, 0.2) is 46.5 Å². The molecule has 5 rings (SSSR count). The van der Waals surface area contributed by atoms with Crippen molar-refractivity contribution in [1.29, 1.82) is 0 Å². The van der Waals surface area contributed by atoms with Crippen LogP contribution in [0.2, 0.25) is 0 Å². The topological polar surface area (TPSA) is 52.6 Å². The minimum atomic E-state index is -2.16. The van der Waals surface area contributed by atoms with Crippen molar-refractivity contribution in [2.75, 3.05) is 0 Å². The van der Waals surface area contributed by atoms with Crippen molar-refractivity contribution in [3.8, 4) is 11.5 Å². The molecule has 0 bridgehead atoms. The highest BCUT2D eigenvalue weighted by atomic mass is 19.2. The van der Waals surface area contributed by atoms with Crippen LogP contribution in [0.15, 0.2) is 48.5 Å². The second-order valence-electron chi connectivity index (χ2n) is 9.25. The standard InChI is InChI=1S/C30H14F8O4/c1-11-3-15(41-29(39)19-9-21(31)25(35)27(37)23(19)33)5-13-8-18-12(2)4-16(6-14(18)7-17(11)13)42-30(40)20-10-22(32)26(36)28(38)24(20)34/h3-10H,1-2H3. The van der Waals surface area contributed by atoms with Crippen molar-refractivity contribution >= 4 is 33.5 Å². The Morgan fingerprint density at radius 1 is 0.476 bits per heavy atom. The first-order valence-electron chi connectivity index (χ1n) is 11.9. The molecule has 42 heavy (non-hydrogen) atoms. The maximum atomic E-state index is 14.0. The average molecular weight is 590 g/mol. The third kappa shape index (κ3) is 4.89. The smallest absolute Gasteiger partial charge is 0.346 e. The number of esters is 2. The Labute approximate surface area is 230 Å². The monoisotopic (exact) mass is 590 g/mol. The minimum absolute atomic E-state index is 0.113. The van der Waals surface area contributed by atoms with E-state index in [4.69, 9.17) is 9.47 Å². The molecule has 0 aromatic heterocycles. The van der Waals surface area contributed by atoms with E-state index in [-0.39, 0.29) is 23.6 Å². The molecule has 0 amide bonds. The number of hydrogen-bond donors (Lipinski definition) is 0. The Bertz CT molecular complexity index is 1840. The summed E-state index contributed by atoms with van der Waals surface area (Å²) >= 11 is 0. The van der Waals surface area contributed by atoms with Crippen LogP contribution in [0.1, 0.15) is 31.8 Å². The molecule has 5 aromatic carbocycles. The van der Waals surface area contributed by atoms with Crippen molar-refractivity contribution in [1.82, 2.24) is 0 Å². The number of carbonyl (C=O) groups is 2. The molecule has 0 N–H and O–H groups in total. The highest BCUT2D eigenvalue weighted by Gasteiger charge is 2.26. The Hall–Kier alpha value is -5.00. The average Bonchev–Trinajstić information content (AvgIpc) is 2.94. The lowest BCUT2D eigenvalue weighted by molar-refractivity contribution is 0.0718. The number of hydrogen-bond acceptors (Lipinski definition) is 4. The van der Waals surface area contributed by atoms with E-state index in [9.17, 15) is 44.7 Å². The fourth-order valence-electron chi connectivity index (χ4n) is 4.41. The van der Waals surface area contributed by atoms with Gasteiger partial charge in [0.1, 0.15) is 22.6 Å². The van der Waals surface area contributed by atoms with E-state index in [2.05, 4.69) is 0 Å². The van der Waals surface area contributed by atoms with Gasteiger partial charge in [0, 0.05) is 0 Å². The lowest BCUT2D eigenvalue weighted by atomic mass is 9.97. The fraction of sp³-hybridized carbons (Fsp3) is 0.0667. The lowest BCUT2D eigenvalue weighted by Gasteiger charge is -2.13. The zero-order chi connectivity index (χ0) is 30.6. The van der Waals surface area contributed by atoms with Crippen LogP contribution in [0.5, 0.6) is 11.5 Å². The summed E-state index contributed by atoms with van der Waals surface area (Å²) < 4.78 is 119. The summed E-state index contributed by atoms with van der Waals surface area (Å²) in [5, 5.41) is 2.22. The van der Waals surface area contributed by atoms with Gasteiger partial charge in [0.25, 0.3) is 0 Å². The SMILES string of the molecule is Cc1cc(OC(=O)c2cc(F)c(F)c(F)c2F)cc2cc3c(C)cc(OC(=O)c4cc(F)c(F)c(F)c4F)cc3cc12. The summed E-state index contributed by atoms with van der Waals surface area (Å²) in [7, 11) is 0. The van der Waals surface area contributed by atoms with Crippen LogP contribution in [0.3, 0.4) is 0 Å². The fourth-order valence-corrected chi connectivity index (χ4v) is 4.41. The molecule has 5 aromatic rings. The zero-order valence-electron chi connectivity index (χ0n) is 21.3. The molecule has 0 aliphatic rings. The number of benzene rings is 5. The van der Waals surface area contributed by atoms with Crippen LogP contribution in [-0.4, -0.2) is 11.9 Å². The molecule has 0 radical (unpaired) electrons. The van der Waals surface area contributed by atoms with E-state index in [1.807, 2.05) is 0 Å². The third-order valence-corrected chi connectivity index (χ3v) is 6.45. The van der Waals surface area contributed by atoms with Crippen LogP contribution in [0.25, 0.3) is 21.5 Å². The van der Waals surface area contributed by atoms with Gasteiger partial charge in [0.2, 0.25) is 0 Å². The third-order valence-electron chi connectivity index (χ3n) is 6.45. The molecule has 0 spiro atoms. The molecule has 0 saturated carbocycles. The summed E-state index contributed by atoms with van der Waals surface area (Å²) in [5.74, 6) is -19.0. The van der Waals surface area contributed by atoms with Gasteiger partial charge in [-0.15, -0.1) is 0 Å². The van der Waals surface area contributed by atoms with E-state index in [1.54, 1.807) is 26.0 Å². The number of aryl methyl sites for hydroxylation is 2. The van der Waals surface area contributed by atoms with Crippen LogP contribution in [0.4, 0.5) is 35.1 Å². The van der Waals surface area contributed by atoms with Crippen LogP contribution < -0.4 is 9.47 Å². The highest BCUT2D eigenvalue weighted by molar-refractivity contribution is 6.02. The molecule has 0 heterocycles. The van der Waals surface area contributed by atoms with Gasteiger partial charge in [-0.1, -0.05) is 0 Å². The van der Waals surface area contributed by atoms with E-state index in [1.165, 1.54) is 24.3 Å². The van der Waals surface area contributed by atoms with Crippen molar-refractivity contribution in [2.24, 2.45) is 0 Å². The van der Waals surface area contributed by atoms with Gasteiger partial charge in [-0.25, -0.2) is 44.7 Å². The molecule has 0 aliphatic heterocycles. The van der Waals surface area contributed by atoms with Gasteiger partial charge >= 0.3 is 11.9 Å². The predicted molar refractivity (Wildman–Crippen MR) is 133 cm³/mol. The molecular formula is C30H14F8O4. The quantitative estimate of drug-likeness (QED) is 0.0530. The van der Waals surface area contributed by atoms with Gasteiger partial charge in [-0.05, 0) is 95.1 Å². The summed E-state index contributed by atoms with van der Waals surface area (Å²) in [6.45, 7) is 3.25. The summed E-state index contributed by atoms with van der Waals surface area (Å²) in [6.07, 6.45) is 0. The maximum absolute atomic E-state index is 14.0. The molecule has 0 atom stereocenters. The predicted octanol–water partition coefficient (Wildman–Crippen LogP) is 8.16. The second kappa shape index (κ2) is 10.4. The number of carbonyl (C=O) groups excluding carboxylic acids is 2. The first-order chi connectivity index (χ1) is 19.8. The van der Waals surface area contributed by atoms with Gasteiger partial charge in [-0.3, -0.25) is 0 Å². The number of rotatable bonds is 4. The maximum Gasteiger partial charge on any atom is 0.346 e. The van der Waals surface area contributed by atoms with E-state index in [0.29, 0.717) is 32.7 Å². The lowest BCUT2D eigenvalue weighted by Crippen LogP contribution is -2.14. The van der Waals surface area contributed by atoms with Crippen molar-refractivity contribution in [3.63, 3.8) is 0 Å². The molecule has 214 valence electrons. The van der Waals surface area contributed by atoms with Crippen LogP contribution >= 0.6 is 0 Å². The van der Waals surface area contributed by atoms with Crippen molar-refractivity contribution in [3.05, 3.63) is 117 Å². The van der Waals surface area contributed by atoms with Gasteiger partial charge in [-0.2, -0.15) is 0 Å². The van der Waals surface area contributed by atoms with E-state index < -0.39 is 69.6 Å². The first-order valence-corrected chi connectivity index (χ1v) is 11.9. The van der Waals surface area contributed by atoms with E-state index >= 15 is 0 Å². The Kier molecular flexibility index (Phi) is 7.09. The Balaban J connectivity index is 1.48. The highest BCUT2D eigenvalue weighted by Crippen LogP contribution is 2.34. The van der Waals surface area contributed by atoms with Crippen LogP contribution in [0, 0.1) is 60.4 Å². The molecule has 0 saturated heterocycles. The number of ether oxygens (including phenoxy) is 2. The van der Waals surface area contributed by atoms with Crippen molar-refractivity contribution in [2.45, 2.75) is 13.8 Å². The zero-order valence-corrected chi connectivity index (χ0v) is 21.3. The Morgan fingerprint density at radius 2 is 0.833 bits per heavy atom. The molecular weight excluding hydrogens is 576 g/mol. The van der Waals surface area contributed by atoms with E-state index in [0.717, 1.165) is 0 Å². The molecule has 0 aliphatic carbocycles. The molecule has 4 nitrogen and oxygen atoms in total. The van der Waals surface area contributed by atoms with Crippen molar-refractivity contribution < 1.29 is 54.2 Å². The summed E-state index contributed by atoms with van der Waals surface area (Å²) in [4.78, 5) is 24.8. The molecule has 0 unspecified atom stereocenters. The second-order valence-corrected chi connectivity index (χ2v) is 9.25. The summed E-state index contributed by atoms with van der Waals surface area (Å²) in [6, 6.07) is 9.22. The number of halogens is 8. The van der Waals surface area contributed by atoms with Crippen LogP contribution in [-0.2, 0) is 0 Å². The largest absolute Gasteiger partial charge is 0.423 e. The van der Waals surface area contributed by atoms with Gasteiger partial charge in [0.05, 0.1) is 0 Å². The molecule has 0 fully saturated rings.